The molecule has 0 aliphatic heterocycles. The predicted octanol–water partition coefficient (Wildman–Crippen LogP) is 3.33. The second-order valence-electron chi connectivity index (χ2n) is 3.70. The van der Waals surface area contributed by atoms with E-state index in [1.165, 1.54) is 11.3 Å². The van der Waals surface area contributed by atoms with E-state index in [0.717, 1.165) is 15.6 Å². The van der Waals surface area contributed by atoms with Crippen LogP contribution in [0.15, 0.2) is 36.9 Å². The number of hydrogen-bond acceptors (Lipinski definition) is 4. The van der Waals surface area contributed by atoms with Gasteiger partial charge in [-0.25, -0.2) is 4.79 Å². The minimum absolute atomic E-state index is 0.0909. The molecule has 1 heterocycles. The molecule has 1 atom stereocenters. The van der Waals surface area contributed by atoms with Crippen LogP contribution in [0.2, 0.25) is 0 Å². The summed E-state index contributed by atoms with van der Waals surface area (Å²) < 4.78 is 6.05. The van der Waals surface area contributed by atoms with Gasteiger partial charge in [-0.3, -0.25) is 0 Å². The first-order valence-electron chi connectivity index (χ1n) is 5.42. The van der Waals surface area contributed by atoms with Crippen LogP contribution in [-0.2, 0) is 10.9 Å². The molecular formula is C13H13O3PS. The van der Waals surface area contributed by atoms with Gasteiger partial charge in [0.05, 0.1) is 0 Å². The maximum atomic E-state index is 11.7. The molecule has 0 aliphatic carbocycles. The van der Waals surface area contributed by atoms with Crippen molar-refractivity contribution < 1.29 is 14.4 Å². The zero-order valence-electron chi connectivity index (χ0n) is 9.68. The highest BCUT2D eigenvalue weighted by Crippen LogP contribution is 2.28. The van der Waals surface area contributed by atoms with Gasteiger partial charge >= 0.3 is 5.97 Å². The molecule has 1 aromatic heterocycles. The largest absolute Gasteiger partial charge is 0.457 e. The molecule has 0 aliphatic rings. The number of carbonyl (C=O) groups excluding carboxylic acids is 1. The predicted molar refractivity (Wildman–Crippen MR) is 76.5 cm³/mol. The maximum Gasteiger partial charge on any atom is 0.348 e. The van der Waals surface area contributed by atoms with E-state index in [9.17, 15) is 4.79 Å². The van der Waals surface area contributed by atoms with Gasteiger partial charge in [0.15, 0.2) is 0 Å². The third kappa shape index (κ3) is 2.96. The monoisotopic (exact) mass is 280 g/mol. The molecule has 2 rings (SSSR count). The highest BCUT2D eigenvalue weighted by Gasteiger charge is 2.11. The highest BCUT2D eigenvalue weighted by molar-refractivity contribution is 7.30. The van der Waals surface area contributed by atoms with Crippen molar-refractivity contribution in [3.05, 3.63) is 47.4 Å². The van der Waals surface area contributed by atoms with Gasteiger partial charge in [0.25, 0.3) is 0 Å². The van der Waals surface area contributed by atoms with E-state index in [2.05, 4.69) is 6.58 Å². The Labute approximate surface area is 111 Å². The molecule has 5 heteroatoms. The lowest BCUT2D eigenvalue weighted by Gasteiger charge is -1.96. The van der Waals surface area contributed by atoms with Crippen molar-refractivity contribution in [2.45, 2.75) is 6.16 Å². The Bertz CT molecular complexity index is 577. The SMILES string of the molecule is C=CCOC(=O)c1cc2cc(CPO)ccc2s1. The van der Waals surface area contributed by atoms with E-state index in [4.69, 9.17) is 9.63 Å². The highest BCUT2D eigenvalue weighted by atomic mass is 32.1. The first kappa shape index (κ1) is 13.2. The quantitative estimate of drug-likeness (QED) is 0.519. The number of fused-ring (bicyclic) bond motifs is 1. The summed E-state index contributed by atoms with van der Waals surface area (Å²) in [7, 11) is -0.0909. The molecule has 1 N–H and O–H groups in total. The van der Waals surface area contributed by atoms with Crippen molar-refractivity contribution >= 4 is 36.2 Å². The van der Waals surface area contributed by atoms with Gasteiger partial charge in [0.1, 0.15) is 11.5 Å². The first-order valence-corrected chi connectivity index (χ1v) is 7.39. The number of carbonyl (C=O) groups is 1. The van der Waals surface area contributed by atoms with Gasteiger partial charge in [-0.05, 0) is 29.1 Å². The number of thiophene rings is 1. The van der Waals surface area contributed by atoms with Crippen LogP contribution in [-0.4, -0.2) is 17.5 Å². The Kier molecular flexibility index (Phi) is 4.48. The van der Waals surface area contributed by atoms with Crippen LogP contribution in [0, 0.1) is 0 Å². The Morgan fingerprint density at radius 3 is 3.06 bits per heavy atom. The minimum Gasteiger partial charge on any atom is -0.457 e. The Hall–Kier alpha value is -1.22. The average molecular weight is 280 g/mol. The molecule has 0 radical (unpaired) electrons. The number of ether oxygens (including phenoxy) is 1. The Morgan fingerprint density at radius 1 is 1.50 bits per heavy atom. The number of hydrogen-bond donors (Lipinski definition) is 1. The topological polar surface area (TPSA) is 46.5 Å². The summed E-state index contributed by atoms with van der Waals surface area (Å²) in [5.41, 5.74) is 1.08. The Balaban J connectivity index is 2.26. The van der Waals surface area contributed by atoms with Crippen molar-refractivity contribution in [1.29, 1.82) is 0 Å². The third-order valence-electron chi connectivity index (χ3n) is 2.40. The van der Waals surface area contributed by atoms with Crippen molar-refractivity contribution in [3.63, 3.8) is 0 Å². The van der Waals surface area contributed by atoms with Crippen LogP contribution in [0.5, 0.6) is 0 Å². The smallest absolute Gasteiger partial charge is 0.348 e. The van der Waals surface area contributed by atoms with E-state index in [0.29, 0.717) is 11.0 Å². The van der Waals surface area contributed by atoms with E-state index in [-0.39, 0.29) is 21.4 Å². The first-order chi connectivity index (χ1) is 8.74. The number of rotatable bonds is 5. The van der Waals surface area contributed by atoms with Crippen LogP contribution in [0.25, 0.3) is 10.1 Å². The average Bonchev–Trinajstić information content (AvgIpc) is 2.79. The summed E-state index contributed by atoms with van der Waals surface area (Å²) in [5, 5.41) is 1.02. The molecule has 0 spiro atoms. The van der Waals surface area contributed by atoms with Crippen molar-refractivity contribution in [1.82, 2.24) is 0 Å². The summed E-state index contributed by atoms with van der Waals surface area (Å²) in [6, 6.07) is 7.77. The minimum atomic E-state index is -0.318. The van der Waals surface area contributed by atoms with Crippen LogP contribution >= 0.6 is 20.1 Å². The summed E-state index contributed by atoms with van der Waals surface area (Å²) in [5.74, 6) is -0.318. The third-order valence-corrected chi connectivity index (χ3v) is 4.06. The molecule has 0 amide bonds. The molecule has 0 saturated carbocycles. The van der Waals surface area contributed by atoms with Crippen LogP contribution in [0.1, 0.15) is 15.2 Å². The number of benzene rings is 1. The maximum absolute atomic E-state index is 11.7. The fourth-order valence-electron chi connectivity index (χ4n) is 1.60. The van der Waals surface area contributed by atoms with Crippen LogP contribution < -0.4 is 0 Å². The second kappa shape index (κ2) is 6.10. The van der Waals surface area contributed by atoms with Gasteiger partial charge in [0, 0.05) is 19.7 Å². The molecule has 94 valence electrons. The summed E-state index contributed by atoms with van der Waals surface area (Å²) in [6.45, 7) is 3.73. The summed E-state index contributed by atoms with van der Waals surface area (Å²) in [6.07, 6.45) is 2.20. The fraction of sp³-hybridized carbons (Fsp3) is 0.154. The van der Waals surface area contributed by atoms with Gasteiger partial charge in [0.2, 0.25) is 0 Å². The van der Waals surface area contributed by atoms with E-state index in [1.807, 2.05) is 24.3 Å². The Morgan fingerprint density at radius 2 is 2.33 bits per heavy atom. The van der Waals surface area contributed by atoms with Crippen LogP contribution in [0.4, 0.5) is 0 Å². The molecular weight excluding hydrogens is 267 g/mol. The van der Waals surface area contributed by atoms with E-state index >= 15 is 0 Å². The molecule has 0 fully saturated rings. The van der Waals surface area contributed by atoms with E-state index in [1.54, 1.807) is 6.08 Å². The zero-order chi connectivity index (χ0) is 13.0. The normalized spacial score (nSPS) is 11.2. The lowest BCUT2D eigenvalue weighted by molar-refractivity contribution is 0.0555. The fourth-order valence-corrected chi connectivity index (χ4v) is 2.94. The van der Waals surface area contributed by atoms with Crippen molar-refractivity contribution in [2.75, 3.05) is 6.61 Å². The molecule has 3 nitrogen and oxygen atoms in total. The molecule has 0 saturated heterocycles. The lowest BCUT2D eigenvalue weighted by Crippen LogP contribution is -2.02. The molecule has 2 aromatic rings. The lowest BCUT2D eigenvalue weighted by atomic mass is 10.2. The van der Waals surface area contributed by atoms with Gasteiger partial charge in [-0.1, -0.05) is 18.7 Å². The van der Waals surface area contributed by atoms with Gasteiger partial charge < -0.3 is 9.63 Å². The van der Waals surface area contributed by atoms with Gasteiger partial charge in [-0.2, -0.15) is 0 Å². The summed E-state index contributed by atoms with van der Waals surface area (Å²) >= 11 is 1.41. The summed E-state index contributed by atoms with van der Waals surface area (Å²) in [4.78, 5) is 21.2. The van der Waals surface area contributed by atoms with Crippen molar-refractivity contribution in [3.8, 4) is 0 Å². The second-order valence-corrected chi connectivity index (χ2v) is 5.46. The molecule has 1 aromatic carbocycles. The molecule has 0 bridgehead atoms. The zero-order valence-corrected chi connectivity index (χ0v) is 11.5. The van der Waals surface area contributed by atoms with E-state index < -0.39 is 0 Å². The standard InChI is InChI=1S/C13H13O3PS/c1-2-5-16-13(14)12-7-10-6-9(8-17-15)3-4-11(10)18-12/h2-4,6-7,15,17H,1,5,8H2. The number of esters is 1. The molecule has 1 unspecified atom stereocenters. The van der Waals surface area contributed by atoms with Crippen molar-refractivity contribution in [2.24, 2.45) is 0 Å². The van der Waals surface area contributed by atoms with Crippen LogP contribution in [0.3, 0.4) is 0 Å². The molecule has 18 heavy (non-hydrogen) atoms. The van der Waals surface area contributed by atoms with Gasteiger partial charge in [-0.15, -0.1) is 11.3 Å².